The van der Waals surface area contributed by atoms with Crippen molar-refractivity contribution in [1.29, 1.82) is 0 Å². The number of aryl methyl sites for hydroxylation is 2. The molecule has 0 aromatic heterocycles. The van der Waals surface area contributed by atoms with E-state index in [1.807, 2.05) is 63.2 Å². The highest BCUT2D eigenvalue weighted by Crippen LogP contribution is 2.25. The van der Waals surface area contributed by atoms with Gasteiger partial charge in [-0.2, -0.15) is 5.10 Å². The Morgan fingerprint density at radius 3 is 2.34 bits per heavy atom. The zero-order valence-corrected chi connectivity index (χ0v) is 19.5. The predicted octanol–water partition coefficient (Wildman–Crippen LogP) is 3.05. The molecular weight excluding hydrogens is 456 g/mol. The lowest BCUT2D eigenvalue weighted by molar-refractivity contribution is -0.119. The van der Waals surface area contributed by atoms with Gasteiger partial charge in [0, 0.05) is 18.6 Å². The van der Waals surface area contributed by atoms with Gasteiger partial charge in [-0.25, -0.2) is 13.8 Å². The topological polar surface area (TPSA) is 82.1 Å². The highest BCUT2D eigenvalue weighted by atomic mass is 79.9. The first-order chi connectivity index (χ1) is 13.5. The van der Waals surface area contributed by atoms with Gasteiger partial charge in [0.15, 0.2) is 0 Å². The van der Waals surface area contributed by atoms with E-state index in [0.717, 1.165) is 37.4 Å². The van der Waals surface area contributed by atoms with Crippen LogP contribution in [0.2, 0.25) is 0 Å². The number of sulfonamides is 1. The van der Waals surface area contributed by atoms with Crippen molar-refractivity contribution in [2.75, 3.05) is 36.1 Å². The molecule has 2 rings (SSSR count). The fraction of sp³-hybridized carbons (Fsp3) is 0.300. The van der Waals surface area contributed by atoms with Crippen molar-refractivity contribution in [3.63, 3.8) is 0 Å². The van der Waals surface area contributed by atoms with Gasteiger partial charge in [-0.1, -0.05) is 23.8 Å². The number of hydrogen-bond acceptors (Lipinski definition) is 5. The fourth-order valence-electron chi connectivity index (χ4n) is 2.78. The first-order valence-electron chi connectivity index (χ1n) is 8.83. The fourth-order valence-corrected chi connectivity index (χ4v) is 4.44. The molecule has 0 radical (unpaired) electrons. The molecule has 2 aromatic carbocycles. The van der Waals surface area contributed by atoms with E-state index in [9.17, 15) is 13.2 Å². The van der Waals surface area contributed by atoms with Crippen LogP contribution in [0.3, 0.4) is 0 Å². The maximum atomic E-state index is 12.3. The minimum Gasteiger partial charge on any atom is -0.377 e. The molecule has 9 heteroatoms. The second-order valence-electron chi connectivity index (χ2n) is 6.96. The van der Waals surface area contributed by atoms with Gasteiger partial charge in [0.1, 0.15) is 6.54 Å². The Morgan fingerprint density at radius 1 is 1.14 bits per heavy atom. The molecule has 0 unspecified atom stereocenters. The number of hydrogen-bond donors (Lipinski definition) is 1. The molecule has 7 nitrogen and oxygen atoms in total. The van der Waals surface area contributed by atoms with E-state index in [1.54, 1.807) is 6.07 Å². The van der Waals surface area contributed by atoms with Crippen LogP contribution in [0, 0.1) is 13.8 Å². The van der Waals surface area contributed by atoms with E-state index in [-0.39, 0.29) is 6.54 Å². The smallest absolute Gasteiger partial charge is 0.260 e. The number of carbonyl (C=O) groups is 1. The highest BCUT2D eigenvalue weighted by molar-refractivity contribution is 9.10. The highest BCUT2D eigenvalue weighted by Gasteiger charge is 2.22. The Morgan fingerprint density at radius 2 is 1.79 bits per heavy atom. The number of nitrogens with one attached hydrogen (secondary N) is 1. The van der Waals surface area contributed by atoms with Crippen LogP contribution in [0.5, 0.6) is 0 Å². The number of nitrogens with zero attached hydrogens (tertiary/aromatic N) is 3. The summed E-state index contributed by atoms with van der Waals surface area (Å²) in [5.41, 5.74) is 6.46. The Bertz CT molecular complexity index is 1040. The van der Waals surface area contributed by atoms with E-state index in [4.69, 9.17) is 0 Å². The molecule has 0 spiro atoms. The number of hydrazone groups is 1. The quantitative estimate of drug-likeness (QED) is 0.487. The molecule has 0 saturated heterocycles. The number of rotatable bonds is 7. The number of anilines is 2. The summed E-state index contributed by atoms with van der Waals surface area (Å²) in [6.45, 7) is 3.38. The molecule has 0 bridgehead atoms. The molecule has 29 heavy (non-hydrogen) atoms. The van der Waals surface area contributed by atoms with Gasteiger partial charge >= 0.3 is 0 Å². The molecule has 0 atom stereocenters. The second-order valence-corrected chi connectivity index (χ2v) is 9.72. The Hall–Kier alpha value is -2.39. The summed E-state index contributed by atoms with van der Waals surface area (Å²) >= 11 is 3.50. The zero-order valence-electron chi connectivity index (χ0n) is 17.1. The molecule has 0 heterocycles. The van der Waals surface area contributed by atoms with Gasteiger partial charge in [0.25, 0.3) is 5.91 Å². The standard InChI is InChI=1S/C20H25BrN4O3S/c1-14-6-8-18(15(2)10-14)25(29(5,27)28)13-20(26)23-22-12-16-7-9-19(24(3)4)17(21)11-16/h6-12H,13H2,1-5H3,(H,23,26)/b22-12-. The summed E-state index contributed by atoms with van der Waals surface area (Å²) in [7, 11) is 0.249. The van der Waals surface area contributed by atoms with E-state index < -0.39 is 15.9 Å². The summed E-state index contributed by atoms with van der Waals surface area (Å²) < 4.78 is 26.4. The summed E-state index contributed by atoms with van der Waals surface area (Å²) in [4.78, 5) is 14.3. The number of amides is 1. The molecular formula is C20H25BrN4O3S. The van der Waals surface area contributed by atoms with Crippen LogP contribution in [-0.4, -0.2) is 47.4 Å². The summed E-state index contributed by atoms with van der Waals surface area (Å²) in [6, 6.07) is 11.1. The van der Waals surface area contributed by atoms with Crippen LogP contribution in [0.25, 0.3) is 0 Å². The van der Waals surface area contributed by atoms with Crippen molar-refractivity contribution < 1.29 is 13.2 Å². The number of carbonyl (C=O) groups excluding carboxylic acids is 1. The maximum absolute atomic E-state index is 12.3. The Labute approximate surface area is 180 Å². The van der Waals surface area contributed by atoms with E-state index >= 15 is 0 Å². The van der Waals surface area contributed by atoms with Crippen LogP contribution in [0.4, 0.5) is 11.4 Å². The van der Waals surface area contributed by atoms with Crippen molar-refractivity contribution in [3.05, 3.63) is 57.6 Å². The second kappa shape index (κ2) is 9.41. The maximum Gasteiger partial charge on any atom is 0.260 e. The van der Waals surface area contributed by atoms with Crippen molar-refractivity contribution in [2.24, 2.45) is 5.10 Å². The summed E-state index contributed by atoms with van der Waals surface area (Å²) in [5.74, 6) is -0.532. The predicted molar refractivity (Wildman–Crippen MR) is 122 cm³/mol. The molecule has 156 valence electrons. The normalized spacial score (nSPS) is 11.5. The van der Waals surface area contributed by atoms with Crippen LogP contribution in [-0.2, 0) is 14.8 Å². The molecule has 0 aliphatic carbocycles. The van der Waals surface area contributed by atoms with Crippen molar-refractivity contribution in [2.45, 2.75) is 13.8 Å². The average Bonchev–Trinajstić information content (AvgIpc) is 2.59. The lowest BCUT2D eigenvalue weighted by Crippen LogP contribution is -2.39. The third kappa shape index (κ3) is 6.30. The van der Waals surface area contributed by atoms with Crippen molar-refractivity contribution in [1.82, 2.24) is 5.43 Å². The van der Waals surface area contributed by atoms with Crippen LogP contribution in [0.15, 0.2) is 46.0 Å². The minimum absolute atomic E-state index is 0.358. The van der Waals surface area contributed by atoms with E-state index in [2.05, 4.69) is 26.5 Å². The lowest BCUT2D eigenvalue weighted by atomic mass is 10.1. The minimum atomic E-state index is -3.63. The zero-order chi connectivity index (χ0) is 21.8. The lowest BCUT2D eigenvalue weighted by Gasteiger charge is -2.23. The van der Waals surface area contributed by atoms with Gasteiger partial charge < -0.3 is 4.90 Å². The number of benzene rings is 2. The Kier molecular flexibility index (Phi) is 7.43. The van der Waals surface area contributed by atoms with Gasteiger partial charge in [-0.3, -0.25) is 9.10 Å². The van der Waals surface area contributed by atoms with Gasteiger partial charge in [-0.05, 0) is 59.1 Å². The monoisotopic (exact) mass is 480 g/mol. The van der Waals surface area contributed by atoms with Gasteiger partial charge in [0.05, 0.1) is 23.8 Å². The molecule has 0 fully saturated rings. The van der Waals surface area contributed by atoms with E-state index in [1.165, 1.54) is 6.21 Å². The molecule has 1 amide bonds. The van der Waals surface area contributed by atoms with Gasteiger partial charge in [-0.15, -0.1) is 0 Å². The summed E-state index contributed by atoms with van der Waals surface area (Å²) in [5, 5.41) is 3.94. The third-order valence-electron chi connectivity index (χ3n) is 4.16. The first kappa shape index (κ1) is 22.9. The van der Waals surface area contributed by atoms with E-state index in [0.29, 0.717) is 5.69 Å². The largest absolute Gasteiger partial charge is 0.377 e. The van der Waals surface area contributed by atoms with Crippen LogP contribution >= 0.6 is 15.9 Å². The third-order valence-corrected chi connectivity index (χ3v) is 5.93. The molecule has 0 saturated carbocycles. The summed E-state index contributed by atoms with van der Waals surface area (Å²) in [6.07, 6.45) is 2.58. The Balaban J connectivity index is 2.11. The SMILES string of the molecule is Cc1ccc(N(CC(=O)N/N=C\c2ccc(N(C)C)c(Br)c2)S(C)(=O)=O)c(C)c1. The van der Waals surface area contributed by atoms with Gasteiger partial charge in [0.2, 0.25) is 10.0 Å². The van der Waals surface area contributed by atoms with Crippen molar-refractivity contribution in [3.8, 4) is 0 Å². The van der Waals surface area contributed by atoms with Crippen LogP contribution < -0.4 is 14.6 Å². The molecule has 0 aliphatic rings. The first-order valence-corrected chi connectivity index (χ1v) is 11.5. The van der Waals surface area contributed by atoms with Crippen molar-refractivity contribution >= 4 is 49.4 Å². The average molecular weight is 481 g/mol. The molecule has 1 N–H and O–H groups in total. The molecule has 0 aliphatic heterocycles. The van der Waals surface area contributed by atoms with Crippen LogP contribution in [0.1, 0.15) is 16.7 Å². The molecule has 2 aromatic rings. The number of halogens is 1.